The summed E-state index contributed by atoms with van der Waals surface area (Å²) in [5.41, 5.74) is 0. The molecule has 0 amide bonds. The number of furan rings is 1. The summed E-state index contributed by atoms with van der Waals surface area (Å²) in [4.78, 5) is 0. The van der Waals surface area contributed by atoms with Gasteiger partial charge in [0, 0.05) is 6.42 Å². The van der Waals surface area contributed by atoms with Gasteiger partial charge >= 0.3 is 0 Å². The van der Waals surface area contributed by atoms with Gasteiger partial charge in [0.15, 0.2) is 0 Å². The summed E-state index contributed by atoms with van der Waals surface area (Å²) >= 11 is 0. The average molecular weight is 166 g/mol. The van der Waals surface area contributed by atoms with Gasteiger partial charge in [-0.3, -0.25) is 0 Å². The monoisotopic (exact) mass is 166 g/mol. The van der Waals surface area contributed by atoms with Crippen molar-refractivity contribution in [2.45, 2.75) is 25.9 Å². The molecule has 12 heavy (non-hydrogen) atoms. The Labute approximate surface area is 72.5 Å². The summed E-state index contributed by atoms with van der Waals surface area (Å²) in [6, 6.07) is 3.79. The highest BCUT2D eigenvalue weighted by Gasteiger charge is 2.05. The first-order valence-corrected chi connectivity index (χ1v) is 4.06. The van der Waals surface area contributed by atoms with Gasteiger partial charge in [0.1, 0.15) is 11.5 Å². The van der Waals surface area contributed by atoms with E-state index in [4.69, 9.17) is 4.42 Å². The van der Waals surface area contributed by atoms with Crippen molar-refractivity contribution in [1.29, 1.82) is 0 Å². The van der Waals surface area contributed by atoms with E-state index in [9.17, 15) is 5.11 Å². The van der Waals surface area contributed by atoms with Gasteiger partial charge in [0.25, 0.3) is 0 Å². The van der Waals surface area contributed by atoms with Gasteiger partial charge in [-0.1, -0.05) is 6.08 Å². The van der Waals surface area contributed by atoms with Gasteiger partial charge in [-0.25, -0.2) is 0 Å². The largest absolute Gasteiger partial charge is 0.466 e. The standard InChI is InChI=1S/C10H14O2/c1-3-4-9(11)7-10-6-5-8(2)12-10/h3,5-6,9,11H,1,4,7H2,2H3/t9-/m1/s1. The molecular formula is C10H14O2. The molecule has 1 rings (SSSR count). The Morgan fingerprint density at radius 2 is 2.42 bits per heavy atom. The van der Waals surface area contributed by atoms with Crippen LogP contribution >= 0.6 is 0 Å². The Morgan fingerprint density at radius 3 is 2.92 bits per heavy atom. The zero-order chi connectivity index (χ0) is 8.97. The highest BCUT2D eigenvalue weighted by molar-refractivity contribution is 5.06. The summed E-state index contributed by atoms with van der Waals surface area (Å²) in [6.45, 7) is 5.45. The second-order valence-electron chi connectivity index (χ2n) is 2.89. The van der Waals surface area contributed by atoms with Crippen LogP contribution in [0.2, 0.25) is 0 Å². The molecule has 2 heteroatoms. The predicted octanol–water partition coefficient (Wildman–Crippen LogP) is 2.07. The topological polar surface area (TPSA) is 33.4 Å². The fraction of sp³-hybridized carbons (Fsp3) is 0.400. The van der Waals surface area contributed by atoms with E-state index >= 15 is 0 Å². The third kappa shape index (κ3) is 2.55. The smallest absolute Gasteiger partial charge is 0.106 e. The number of aliphatic hydroxyl groups is 1. The van der Waals surface area contributed by atoms with Crippen LogP contribution in [0.15, 0.2) is 29.2 Å². The van der Waals surface area contributed by atoms with Crippen LogP contribution in [0.25, 0.3) is 0 Å². The molecule has 1 aromatic rings. The number of hydrogen-bond acceptors (Lipinski definition) is 2. The Hall–Kier alpha value is -1.02. The van der Waals surface area contributed by atoms with Crippen LogP contribution in [0.3, 0.4) is 0 Å². The van der Waals surface area contributed by atoms with Crippen LogP contribution in [0.5, 0.6) is 0 Å². The minimum atomic E-state index is -0.368. The van der Waals surface area contributed by atoms with Crippen LogP contribution in [-0.4, -0.2) is 11.2 Å². The van der Waals surface area contributed by atoms with Gasteiger partial charge in [-0.05, 0) is 25.5 Å². The molecule has 1 aromatic heterocycles. The normalized spacial score (nSPS) is 12.8. The van der Waals surface area contributed by atoms with Crippen molar-refractivity contribution in [3.05, 3.63) is 36.3 Å². The summed E-state index contributed by atoms with van der Waals surface area (Å²) in [6.07, 6.45) is 2.52. The molecule has 0 aliphatic carbocycles. The van der Waals surface area contributed by atoms with Gasteiger partial charge in [0.05, 0.1) is 6.10 Å². The molecule has 0 saturated heterocycles. The average Bonchev–Trinajstić information content (AvgIpc) is 2.36. The maximum absolute atomic E-state index is 9.38. The summed E-state index contributed by atoms with van der Waals surface area (Å²) < 4.78 is 5.31. The molecule has 0 radical (unpaired) electrons. The molecule has 0 spiro atoms. The Kier molecular flexibility index (Phi) is 3.11. The van der Waals surface area contributed by atoms with Crippen LogP contribution < -0.4 is 0 Å². The van der Waals surface area contributed by atoms with E-state index in [1.807, 2.05) is 19.1 Å². The molecule has 0 aromatic carbocycles. The predicted molar refractivity (Wildman–Crippen MR) is 48.0 cm³/mol. The lowest BCUT2D eigenvalue weighted by Gasteiger charge is -2.03. The summed E-state index contributed by atoms with van der Waals surface area (Å²) in [5.74, 6) is 1.72. The number of hydrogen-bond donors (Lipinski definition) is 1. The van der Waals surface area contributed by atoms with E-state index in [1.54, 1.807) is 6.08 Å². The fourth-order valence-corrected chi connectivity index (χ4v) is 1.10. The molecule has 66 valence electrons. The molecule has 0 aliphatic heterocycles. The number of aryl methyl sites for hydroxylation is 1. The summed E-state index contributed by atoms with van der Waals surface area (Å²) in [7, 11) is 0. The van der Waals surface area contributed by atoms with Gasteiger partial charge < -0.3 is 9.52 Å². The molecule has 0 unspecified atom stereocenters. The Morgan fingerprint density at radius 1 is 1.67 bits per heavy atom. The van der Waals surface area contributed by atoms with Gasteiger partial charge in [0.2, 0.25) is 0 Å². The van der Waals surface area contributed by atoms with Crippen molar-refractivity contribution in [1.82, 2.24) is 0 Å². The highest BCUT2D eigenvalue weighted by Crippen LogP contribution is 2.10. The van der Waals surface area contributed by atoms with Crippen LogP contribution in [-0.2, 0) is 6.42 Å². The fourth-order valence-electron chi connectivity index (χ4n) is 1.10. The van der Waals surface area contributed by atoms with Gasteiger partial charge in [-0.2, -0.15) is 0 Å². The van der Waals surface area contributed by atoms with E-state index < -0.39 is 0 Å². The zero-order valence-electron chi connectivity index (χ0n) is 7.29. The molecule has 0 saturated carbocycles. The van der Waals surface area contributed by atoms with Crippen molar-refractivity contribution < 1.29 is 9.52 Å². The molecule has 1 atom stereocenters. The van der Waals surface area contributed by atoms with E-state index in [1.165, 1.54) is 0 Å². The highest BCUT2D eigenvalue weighted by atomic mass is 16.3. The quantitative estimate of drug-likeness (QED) is 0.694. The van der Waals surface area contributed by atoms with Crippen LogP contribution in [0.1, 0.15) is 17.9 Å². The first kappa shape index (κ1) is 9.07. The van der Waals surface area contributed by atoms with E-state index in [2.05, 4.69) is 6.58 Å². The molecule has 2 nitrogen and oxygen atoms in total. The van der Waals surface area contributed by atoms with Crippen molar-refractivity contribution in [2.75, 3.05) is 0 Å². The summed E-state index contributed by atoms with van der Waals surface area (Å²) in [5, 5.41) is 9.38. The third-order valence-electron chi connectivity index (χ3n) is 1.67. The first-order chi connectivity index (χ1) is 5.72. The van der Waals surface area contributed by atoms with Crippen molar-refractivity contribution in [3.63, 3.8) is 0 Å². The molecule has 1 heterocycles. The first-order valence-electron chi connectivity index (χ1n) is 4.06. The van der Waals surface area contributed by atoms with Gasteiger partial charge in [-0.15, -0.1) is 6.58 Å². The van der Waals surface area contributed by atoms with Crippen molar-refractivity contribution in [3.8, 4) is 0 Å². The van der Waals surface area contributed by atoms with E-state index in [0.29, 0.717) is 12.8 Å². The molecule has 0 bridgehead atoms. The third-order valence-corrected chi connectivity index (χ3v) is 1.67. The zero-order valence-corrected chi connectivity index (χ0v) is 7.29. The lowest BCUT2D eigenvalue weighted by atomic mass is 10.1. The Balaban J connectivity index is 2.46. The minimum absolute atomic E-state index is 0.368. The molecule has 0 aliphatic rings. The second-order valence-corrected chi connectivity index (χ2v) is 2.89. The second kappa shape index (κ2) is 4.12. The minimum Gasteiger partial charge on any atom is -0.466 e. The van der Waals surface area contributed by atoms with E-state index in [0.717, 1.165) is 11.5 Å². The molecular weight excluding hydrogens is 152 g/mol. The maximum Gasteiger partial charge on any atom is 0.106 e. The lowest BCUT2D eigenvalue weighted by molar-refractivity contribution is 0.170. The SMILES string of the molecule is C=CC[C@@H](O)Cc1ccc(C)o1. The maximum atomic E-state index is 9.38. The number of aliphatic hydroxyl groups excluding tert-OH is 1. The van der Waals surface area contributed by atoms with Crippen LogP contribution in [0.4, 0.5) is 0 Å². The lowest BCUT2D eigenvalue weighted by Crippen LogP contribution is -2.07. The molecule has 1 N–H and O–H groups in total. The van der Waals surface area contributed by atoms with E-state index in [-0.39, 0.29) is 6.10 Å². The van der Waals surface area contributed by atoms with Crippen LogP contribution in [0, 0.1) is 6.92 Å². The Bertz CT molecular complexity index is 250. The van der Waals surface area contributed by atoms with Crippen molar-refractivity contribution >= 4 is 0 Å². The number of rotatable bonds is 4. The van der Waals surface area contributed by atoms with Crippen molar-refractivity contribution in [2.24, 2.45) is 0 Å². The molecule has 0 fully saturated rings.